The summed E-state index contributed by atoms with van der Waals surface area (Å²) < 4.78 is 24.9. The highest BCUT2D eigenvalue weighted by Crippen LogP contribution is 2.39. The zero-order chi connectivity index (χ0) is 25.6. The predicted molar refractivity (Wildman–Crippen MR) is 138 cm³/mol. The number of anilines is 2. The van der Waals surface area contributed by atoms with E-state index in [2.05, 4.69) is 51.4 Å². The van der Waals surface area contributed by atoms with Gasteiger partial charge in [0.05, 0.1) is 22.1 Å². The average Bonchev–Trinajstić information content (AvgIpc) is 3.10. The first-order chi connectivity index (χ1) is 16.2. The number of pyridine rings is 2. The predicted octanol–water partition coefficient (Wildman–Crippen LogP) is 3.04. The minimum atomic E-state index is -3.36. The number of aliphatic hydroxyl groups is 1. The zero-order valence-electron chi connectivity index (χ0n) is 20.5. The molecule has 1 aliphatic carbocycles. The van der Waals surface area contributed by atoms with Crippen molar-refractivity contribution in [3.8, 4) is 11.5 Å². The molecule has 3 aromatic rings. The maximum absolute atomic E-state index is 13.6. The molecule has 184 valence electrons. The maximum Gasteiger partial charge on any atom is 0.268 e. The molecule has 0 spiro atoms. The fraction of sp³-hybridized carbons (Fsp3) is 0.417. The second kappa shape index (κ2) is 8.86. The van der Waals surface area contributed by atoms with E-state index in [1.807, 2.05) is 0 Å². The molecule has 9 nitrogen and oxygen atoms in total. The summed E-state index contributed by atoms with van der Waals surface area (Å²) in [5.41, 5.74) is 2.68. The molecule has 0 aliphatic heterocycles. The van der Waals surface area contributed by atoms with Crippen LogP contribution in [0.3, 0.4) is 0 Å². The van der Waals surface area contributed by atoms with E-state index < -0.39 is 29.6 Å². The third-order valence-electron chi connectivity index (χ3n) is 5.94. The van der Waals surface area contributed by atoms with Crippen LogP contribution in [0.1, 0.15) is 37.8 Å². The molecular formula is C24H29N5O4SSi. The van der Waals surface area contributed by atoms with Gasteiger partial charge in [-0.15, -0.1) is 5.54 Å². The summed E-state index contributed by atoms with van der Waals surface area (Å²) in [6.45, 7) is 8.08. The Bertz CT molecular complexity index is 1510. The van der Waals surface area contributed by atoms with Crippen molar-refractivity contribution < 1.29 is 13.5 Å². The van der Waals surface area contributed by atoms with Gasteiger partial charge in [0.1, 0.15) is 19.5 Å². The lowest BCUT2D eigenvalue weighted by molar-refractivity contribution is 0.0266. The summed E-state index contributed by atoms with van der Waals surface area (Å²) in [6.07, 6.45) is 6.01. The first-order valence-corrected chi connectivity index (χ1v) is 16.7. The third kappa shape index (κ3) is 5.45. The van der Waals surface area contributed by atoms with Gasteiger partial charge in [0, 0.05) is 24.0 Å². The van der Waals surface area contributed by atoms with Crippen LogP contribution in [0.25, 0.3) is 11.0 Å². The molecule has 4 rings (SSSR count). The molecule has 3 aromatic heterocycles. The molecule has 0 amide bonds. The van der Waals surface area contributed by atoms with Gasteiger partial charge in [0.15, 0.2) is 9.84 Å². The Labute approximate surface area is 205 Å². The fourth-order valence-corrected chi connectivity index (χ4v) is 5.21. The van der Waals surface area contributed by atoms with E-state index >= 15 is 0 Å². The van der Waals surface area contributed by atoms with Crippen molar-refractivity contribution in [2.45, 2.75) is 62.4 Å². The van der Waals surface area contributed by atoms with Crippen molar-refractivity contribution in [3.63, 3.8) is 0 Å². The van der Waals surface area contributed by atoms with Gasteiger partial charge in [0.2, 0.25) is 5.95 Å². The fourth-order valence-electron chi connectivity index (χ4n) is 4.14. The Morgan fingerprint density at radius 1 is 1.23 bits per heavy atom. The van der Waals surface area contributed by atoms with Crippen LogP contribution >= 0.6 is 0 Å². The number of aromatic nitrogens is 4. The summed E-state index contributed by atoms with van der Waals surface area (Å²) in [5, 5.41) is 14.6. The van der Waals surface area contributed by atoms with E-state index in [0.29, 0.717) is 35.3 Å². The Morgan fingerprint density at radius 2 is 1.97 bits per heavy atom. The van der Waals surface area contributed by atoms with E-state index in [1.54, 1.807) is 23.8 Å². The lowest BCUT2D eigenvalue weighted by Gasteiger charge is -2.28. The molecule has 2 N–H and O–H groups in total. The van der Waals surface area contributed by atoms with E-state index in [4.69, 9.17) is 0 Å². The average molecular weight is 512 g/mol. The molecule has 1 fully saturated rings. The van der Waals surface area contributed by atoms with Crippen molar-refractivity contribution in [1.29, 1.82) is 0 Å². The van der Waals surface area contributed by atoms with Gasteiger partial charge in [-0.1, -0.05) is 25.6 Å². The van der Waals surface area contributed by atoms with E-state index in [9.17, 15) is 18.3 Å². The number of rotatable bonds is 4. The van der Waals surface area contributed by atoms with Gasteiger partial charge in [-0.3, -0.25) is 9.36 Å². The second-order valence-electron chi connectivity index (χ2n) is 10.2. The summed E-state index contributed by atoms with van der Waals surface area (Å²) in [4.78, 5) is 26.8. The smallest absolute Gasteiger partial charge is 0.268 e. The molecule has 0 aromatic carbocycles. The number of fused-ring (bicyclic) bond motifs is 1. The first kappa shape index (κ1) is 25.0. The van der Waals surface area contributed by atoms with Gasteiger partial charge in [-0.25, -0.2) is 18.4 Å². The molecule has 3 heterocycles. The highest BCUT2D eigenvalue weighted by atomic mass is 32.2. The highest BCUT2D eigenvalue weighted by Gasteiger charge is 2.39. The Morgan fingerprint density at radius 3 is 2.54 bits per heavy atom. The number of nitrogens with one attached hydrogen (secondary N) is 1. The van der Waals surface area contributed by atoms with E-state index in [-0.39, 0.29) is 16.4 Å². The van der Waals surface area contributed by atoms with Crippen LogP contribution in [0.15, 0.2) is 40.3 Å². The summed E-state index contributed by atoms with van der Waals surface area (Å²) in [7, 11) is -5.08. The van der Waals surface area contributed by atoms with Crippen LogP contribution < -0.4 is 10.9 Å². The van der Waals surface area contributed by atoms with Crippen LogP contribution in [-0.2, 0) is 9.84 Å². The molecule has 11 heteroatoms. The molecular weight excluding hydrogens is 482 g/mol. The topological polar surface area (TPSA) is 127 Å². The van der Waals surface area contributed by atoms with Crippen molar-refractivity contribution in [1.82, 2.24) is 19.5 Å². The molecule has 1 saturated carbocycles. The van der Waals surface area contributed by atoms with E-state index in [1.165, 1.54) is 18.3 Å². The zero-order valence-corrected chi connectivity index (χ0v) is 22.3. The largest absolute Gasteiger partial charge is 0.388 e. The van der Waals surface area contributed by atoms with Gasteiger partial charge >= 0.3 is 0 Å². The minimum absolute atomic E-state index is 0.103. The molecule has 0 bridgehead atoms. The summed E-state index contributed by atoms with van der Waals surface area (Å²) in [5.74, 6) is 3.63. The van der Waals surface area contributed by atoms with Crippen molar-refractivity contribution in [2.24, 2.45) is 0 Å². The van der Waals surface area contributed by atoms with Gasteiger partial charge in [-0.05, 0) is 44.4 Å². The molecule has 0 saturated heterocycles. The lowest BCUT2D eigenvalue weighted by Crippen LogP contribution is -2.38. The van der Waals surface area contributed by atoms with Gasteiger partial charge < -0.3 is 10.4 Å². The number of nitrogens with zero attached hydrogens (tertiary/aromatic N) is 4. The Hall–Kier alpha value is -3.07. The van der Waals surface area contributed by atoms with E-state index in [0.717, 1.165) is 12.7 Å². The Balaban J connectivity index is 1.83. The lowest BCUT2D eigenvalue weighted by atomic mass is 9.99. The van der Waals surface area contributed by atoms with Gasteiger partial charge in [0.25, 0.3) is 5.56 Å². The summed E-state index contributed by atoms with van der Waals surface area (Å²) >= 11 is 0. The molecule has 0 radical (unpaired) electrons. The molecule has 1 aliphatic rings. The second-order valence-corrected chi connectivity index (χ2v) is 17.0. The van der Waals surface area contributed by atoms with Crippen molar-refractivity contribution in [3.05, 3.63) is 46.5 Å². The SMILES string of the molecule is C[C@@]1(O)CCC[C@H]1n1c(=O)c(C#C[Si](C)(C)C)cc2cnc(Nc3ccc(S(C)(=O)=O)cn3)nc21. The van der Waals surface area contributed by atoms with Crippen LogP contribution in [0, 0.1) is 11.5 Å². The normalized spacial score (nSPS) is 20.5. The molecule has 35 heavy (non-hydrogen) atoms. The minimum Gasteiger partial charge on any atom is -0.388 e. The monoisotopic (exact) mass is 511 g/mol. The first-order valence-electron chi connectivity index (χ1n) is 11.4. The number of sulfone groups is 1. The molecule has 0 unspecified atom stereocenters. The van der Waals surface area contributed by atoms with Crippen LogP contribution in [0.2, 0.25) is 19.6 Å². The van der Waals surface area contributed by atoms with Crippen molar-refractivity contribution >= 4 is 40.7 Å². The quantitative estimate of drug-likeness (QED) is 0.404. The van der Waals surface area contributed by atoms with Crippen LogP contribution in [0.5, 0.6) is 0 Å². The number of hydrogen-bond donors (Lipinski definition) is 2. The van der Waals surface area contributed by atoms with Crippen LogP contribution in [0.4, 0.5) is 11.8 Å². The van der Waals surface area contributed by atoms with Crippen LogP contribution in [-0.4, -0.2) is 53.0 Å². The standard InChI is InChI=1S/C24H29N5O4SSi/c1-24(31)11-6-7-19(24)29-21-17(13-16(22(29)30)10-12-35(3,4)5)14-26-23(28-21)27-20-9-8-18(15-25-20)34(2,32)33/h8-9,13-15,19,31H,6-7,11H2,1-5H3,(H,25,26,27,28)/t19-,24-/m1/s1. The Kier molecular flexibility index (Phi) is 6.33. The molecule has 2 atom stereocenters. The highest BCUT2D eigenvalue weighted by molar-refractivity contribution is 7.90. The third-order valence-corrected chi connectivity index (χ3v) is 7.91. The number of hydrogen-bond acceptors (Lipinski definition) is 8. The maximum atomic E-state index is 13.6. The van der Waals surface area contributed by atoms with Crippen molar-refractivity contribution in [2.75, 3.05) is 11.6 Å². The summed E-state index contributed by atoms with van der Waals surface area (Å²) in [6, 6.07) is 4.23. The van der Waals surface area contributed by atoms with Gasteiger partial charge in [-0.2, -0.15) is 4.98 Å².